The Bertz CT molecular complexity index is 492. The highest BCUT2D eigenvalue weighted by molar-refractivity contribution is 6.00. The number of anilines is 1. The second kappa shape index (κ2) is 7.41. The van der Waals surface area contributed by atoms with Gasteiger partial charge in [-0.2, -0.15) is 0 Å². The normalized spacial score (nSPS) is 11.8. The number of nitro groups is 1. The molecule has 0 bridgehead atoms. The zero-order valence-electron chi connectivity index (χ0n) is 11.4. The second-order valence-corrected chi connectivity index (χ2v) is 4.14. The molecule has 0 saturated heterocycles. The van der Waals surface area contributed by atoms with E-state index in [1.807, 2.05) is 6.92 Å². The maximum atomic E-state index is 12.1. The molecule has 0 aliphatic heterocycles. The van der Waals surface area contributed by atoms with Crippen LogP contribution in [0.1, 0.15) is 23.7 Å². The molecule has 1 aromatic carbocycles. The first-order chi connectivity index (χ1) is 9.54. The summed E-state index contributed by atoms with van der Waals surface area (Å²) in [6, 6.07) is 4.13. The topological polar surface area (TPSA) is 120 Å². The average molecular weight is 282 g/mol. The fourth-order valence-corrected chi connectivity index (χ4v) is 1.77. The summed E-state index contributed by atoms with van der Waals surface area (Å²) in [5.41, 5.74) is 1.91. The van der Waals surface area contributed by atoms with E-state index in [-0.39, 0.29) is 23.0 Å². The number of rotatable bonds is 7. The van der Waals surface area contributed by atoms with Crippen molar-refractivity contribution in [3.8, 4) is 0 Å². The van der Waals surface area contributed by atoms with Crippen molar-refractivity contribution in [2.75, 3.05) is 19.1 Å². The van der Waals surface area contributed by atoms with Gasteiger partial charge in [-0.15, -0.1) is 0 Å². The number of ether oxygens (including phenoxy) is 1. The average Bonchev–Trinajstić information content (AvgIpc) is 2.45. The summed E-state index contributed by atoms with van der Waals surface area (Å²) in [5, 5.41) is 13.8. The number of methoxy groups -OCH3 is 1. The van der Waals surface area contributed by atoms with Gasteiger partial charge in [0.05, 0.1) is 17.6 Å². The van der Waals surface area contributed by atoms with Crippen LogP contribution in [0, 0.1) is 10.1 Å². The molecule has 1 atom stereocenters. The molecule has 0 heterocycles. The van der Waals surface area contributed by atoms with E-state index in [1.54, 1.807) is 0 Å². The minimum atomic E-state index is -0.638. The van der Waals surface area contributed by atoms with Gasteiger partial charge in [-0.25, -0.2) is 0 Å². The number of para-hydroxylation sites is 1. The zero-order chi connectivity index (χ0) is 15.1. The summed E-state index contributed by atoms with van der Waals surface area (Å²) in [5.74, 6) is 4.70. The van der Waals surface area contributed by atoms with Crippen LogP contribution >= 0.6 is 0 Å². The van der Waals surface area contributed by atoms with E-state index in [9.17, 15) is 14.9 Å². The standard InChI is InChI=1S/C12H18N4O4/c1-3-8(7-20-2)14-12(17)9-5-4-6-10(15-13)11(9)16(18)19/h4-6,8,15H,3,7,13H2,1-2H3,(H,14,17). The maximum Gasteiger partial charge on any atom is 0.306 e. The Morgan fingerprint density at radius 3 is 2.75 bits per heavy atom. The molecule has 1 aromatic rings. The number of nitrogens with zero attached hydrogens (tertiary/aromatic N) is 1. The molecule has 110 valence electrons. The lowest BCUT2D eigenvalue weighted by atomic mass is 10.1. The quantitative estimate of drug-likeness (QED) is 0.390. The molecule has 0 radical (unpaired) electrons. The Morgan fingerprint density at radius 2 is 2.25 bits per heavy atom. The van der Waals surface area contributed by atoms with Crippen LogP contribution in [-0.2, 0) is 4.74 Å². The fourth-order valence-electron chi connectivity index (χ4n) is 1.77. The van der Waals surface area contributed by atoms with Crippen molar-refractivity contribution in [3.63, 3.8) is 0 Å². The van der Waals surface area contributed by atoms with Crippen LogP contribution in [0.4, 0.5) is 11.4 Å². The summed E-state index contributed by atoms with van der Waals surface area (Å²) in [7, 11) is 1.52. The lowest BCUT2D eigenvalue weighted by Gasteiger charge is -2.16. The van der Waals surface area contributed by atoms with Gasteiger partial charge in [0, 0.05) is 7.11 Å². The second-order valence-electron chi connectivity index (χ2n) is 4.14. The Morgan fingerprint density at radius 1 is 1.55 bits per heavy atom. The van der Waals surface area contributed by atoms with Crippen molar-refractivity contribution in [2.45, 2.75) is 19.4 Å². The maximum absolute atomic E-state index is 12.1. The Kier molecular flexibility index (Phi) is 5.88. The fraction of sp³-hybridized carbons (Fsp3) is 0.417. The van der Waals surface area contributed by atoms with Crippen molar-refractivity contribution >= 4 is 17.3 Å². The molecule has 8 nitrogen and oxygen atoms in total. The van der Waals surface area contributed by atoms with E-state index >= 15 is 0 Å². The summed E-state index contributed by atoms with van der Waals surface area (Å²) < 4.78 is 4.97. The Labute approximate surface area is 116 Å². The van der Waals surface area contributed by atoms with Gasteiger partial charge in [0.1, 0.15) is 11.3 Å². The van der Waals surface area contributed by atoms with Crippen LogP contribution in [-0.4, -0.2) is 30.6 Å². The molecule has 0 saturated carbocycles. The number of nitrogen functional groups attached to an aromatic ring is 1. The van der Waals surface area contributed by atoms with Crippen molar-refractivity contribution in [3.05, 3.63) is 33.9 Å². The molecule has 1 rings (SSSR count). The molecule has 0 aromatic heterocycles. The minimum absolute atomic E-state index is 0.0417. The van der Waals surface area contributed by atoms with Gasteiger partial charge in [0.25, 0.3) is 5.91 Å². The number of nitro benzene ring substituents is 1. The smallest absolute Gasteiger partial charge is 0.306 e. The number of hydrogen-bond donors (Lipinski definition) is 3. The number of carbonyl (C=O) groups is 1. The predicted octanol–water partition coefficient (Wildman–Crippen LogP) is 1.04. The van der Waals surface area contributed by atoms with Crippen molar-refractivity contribution in [1.82, 2.24) is 5.32 Å². The summed E-state index contributed by atoms with van der Waals surface area (Å²) in [4.78, 5) is 22.6. The predicted molar refractivity (Wildman–Crippen MR) is 74.3 cm³/mol. The van der Waals surface area contributed by atoms with Crippen LogP contribution in [0.3, 0.4) is 0 Å². The molecule has 0 fully saturated rings. The Hall–Kier alpha value is -2.19. The van der Waals surface area contributed by atoms with Gasteiger partial charge in [-0.3, -0.25) is 20.8 Å². The monoisotopic (exact) mass is 282 g/mol. The van der Waals surface area contributed by atoms with E-state index in [2.05, 4.69) is 10.7 Å². The third-order valence-corrected chi connectivity index (χ3v) is 2.81. The first-order valence-corrected chi connectivity index (χ1v) is 6.08. The molecule has 0 aliphatic carbocycles. The molecule has 1 amide bonds. The van der Waals surface area contributed by atoms with Crippen LogP contribution < -0.4 is 16.6 Å². The van der Waals surface area contributed by atoms with Gasteiger partial charge in [0.15, 0.2) is 0 Å². The minimum Gasteiger partial charge on any atom is -0.383 e. The van der Waals surface area contributed by atoms with Crippen molar-refractivity contribution < 1.29 is 14.5 Å². The molecule has 0 spiro atoms. The molecule has 8 heteroatoms. The van der Waals surface area contributed by atoms with Crippen molar-refractivity contribution in [2.24, 2.45) is 5.84 Å². The highest BCUT2D eigenvalue weighted by Crippen LogP contribution is 2.27. The first kappa shape index (κ1) is 15.9. The highest BCUT2D eigenvalue weighted by atomic mass is 16.6. The first-order valence-electron chi connectivity index (χ1n) is 6.08. The van der Waals surface area contributed by atoms with E-state index < -0.39 is 10.8 Å². The van der Waals surface area contributed by atoms with Gasteiger partial charge in [-0.1, -0.05) is 13.0 Å². The molecular weight excluding hydrogens is 264 g/mol. The SMILES string of the molecule is CCC(COC)NC(=O)c1cccc(NN)c1[N+](=O)[O-]. The van der Waals surface area contributed by atoms with Gasteiger partial charge in [0.2, 0.25) is 0 Å². The molecule has 20 heavy (non-hydrogen) atoms. The number of amides is 1. The van der Waals surface area contributed by atoms with Crippen LogP contribution in [0.2, 0.25) is 0 Å². The molecule has 0 aliphatic rings. The highest BCUT2D eigenvalue weighted by Gasteiger charge is 2.25. The number of hydrogen-bond acceptors (Lipinski definition) is 6. The Balaban J connectivity index is 3.06. The molecule has 1 unspecified atom stereocenters. The van der Waals surface area contributed by atoms with Gasteiger partial charge < -0.3 is 15.5 Å². The number of nitrogens with two attached hydrogens (primary N) is 1. The third-order valence-electron chi connectivity index (χ3n) is 2.81. The number of nitrogens with one attached hydrogen (secondary N) is 2. The van der Waals surface area contributed by atoms with Gasteiger partial charge in [-0.05, 0) is 18.6 Å². The van der Waals surface area contributed by atoms with E-state index in [4.69, 9.17) is 10.6 Å². The number of benzene rings is 1. The summed E-state index contributed by atoms with van der Waals surface area (Å²) in [6.45, 7) is 2.22. The van der Waals surface area contributed by atoms with E-state index in [0.29, 0.717) is 13.0 Å². The van der Waals surface area contributed by atoms with E-state index in [0.717, 1.165) is 0 Å². The zero-order valence-corrected chi connectivity index (χ0v) is 11.4. The lowest BCUT2D eigenvalue weighted by Crippen LogP contribution is -2.37. The molecular formula is C12H18N4O4. The number of carbonyl (C=O) groups excluding carboxylic acids is 1. The van der Waals surface area contributed by atoms with E-state index in [1.165, 1.54) is 25.3 Å². The molecule has 4 N–H and O–H groups in total. The van der Waals surface area contributed by atoms with Crippen LogP contribution in [0.25, 0.3) is 0 Å². The summed E-state index contributed by atoms with van der Waals surface area (Å²) in [6.07, 6.45) is 0.655. The van der Waals surface area contributed by atoms with Crippen LogP contribution in [0.5, 0.6) is 0 Å². The van der Waals surface area contributed by atoms with Crippen molar-refractivity contribution in [1.29, 1.82) is 0 Å². The third kappa shape index (κ3) is 3.65. The van der Waals surface area contributed by atoms with Gasteiger partial charge >= 0.3 is 5.69 Å². The lowest BCUT2D eigenvalue weighted by molar-refractivity contribution is -0.384. The largest absolute Gasteiger partial charge is 0.383 e. The number of hydrazine groups is 1. The summed E-state index contributed by atoms with van der Waals surface area (Å²) >= 11 is 0. The van der Waals surface area contributed by atoms with Crippen LogP contribution in [0.15, 0.2) is 18.2 Å².